The Morgan fingerprint density at radius 3 is 2.29 bits per heavy atom. The molecule has 1 rings (SSSR count). The highest BCUT2D eigenvalue weighted by molar-refractivity contribution is 5.29. The van der Waals surface area contributed by atoms with Crippen LogP contribution >= 0.6 is 0 Å². The molecule has 0 spiro atoms. The topological polar surface area (TPSA) is 35.2 Å². The molecule has 0 aliphatic carbocycles. The van der Waals surface area contributed by atoms with Crippen LogP contribution in [0.1, 0.15) is 38.3 Å². The fourth-order valence-corrected chi connectivity index (χ4v) is 1.83. The molecule has 0 heterocycles. The Bertz CT molecular complexity index is 327. The lowest BCUT2D eigenvalue weighted by Crippen LogP contribution is -2.18. The van der Waals surface area contributed by atoms with E-state index < -0.39 is 6.61 Å². The van der Waals surface area contributed by atoms with Crippen molar-refractivity contribution in [3.8, 4) is 5.75 Å². The predicted molar refractivity (Wildman–Crippen MR) is 64.1 cm³/mol. The molecule has 0 bridgehead atoms. The smallest absolute Gasteiger partial charge is 0.387 e. The summed E-state index contributed by atoms with van der Waals surface area (Å²) in [6, 6.07) is 6.49. The monoisotopic (exact) mass is 243 g/mol. The number of hydrogen-bond acceptors (Lipinski definition) is 2. The van der Waals surface area contributed by atoms with E-state index in [9.17, 15) is 8.78 Å². The summed E-state index contributed by atoms with van der Waals surface area (Å²) in [6.45, 7) is 1.43. The first-order valence-corrected chi connectivity index (χ1v) is 5.85. The first-order valence-electron chi connectivity index (χ1n) is 5.85. The summed E-state index contributed by atoms with van der Waals surface area (Å²) in [5, 5.41) is 0. The summed E-state index contributed by atoms with van der Waals surface area (Å²) in [6.07, 6.45) is 2.14. The number of alkyl halides is 2. The highest BCUT2D eigenvalue weighted by Gasteiger charge is 2.14. The highest BCUT2D eigenvalue weighted by atomic mass is 19.3. The van der Waals surface area contributed by atoms with E-state index >= 15 is 0 Å². The maximum absolute atomic E-state index is 12.0. The second kappa shape index (κ2) is 6.55. The van der Waals surface area contributed by atoms with Crippen molar-refractivity contribution in [2.45, 2.75) is 39.3 Å². The second-order valence-corrected chi connectivity index (χ2v) is 4.24. The van der Waals surface area contributed by atoms with Crippen LogP contribution in [0.4, 0.5) is 8.78 Å². The fraction of sp³-hybridized carbons (Fsp3) is 0.538. The number of rotatable bonds is 6. The van der Waals surface area contributed by atoms with E-state index in [2.05, 4.69) is 18.6 Å². The Morgan fingerprint density at radius 1 is 1.24 bits per heavy atom. The quantitative estimate of drug-likeness (QED) is 0.826. The first kappa shape index (κ1) is 13.9. The lowest BCUT2D eigenvalue weighted by Gasteiger charge is -2.19. The molecule has 2 unspecified atom stereocenters. The standard InChI is InChI=1S/C13H19F2NO/c1-3-4-9(2)12(16)10-5-7-11(8-6-10)17-13(14)15/h5-9,12-13H,3-4,16H2,1-2H3. The van der Waals surface area contributed by atoms with E-state index in [1.165, 1.54) is 12.1 Å². The minimum Gasteiger partial charge on any atom is -0.435 e. The van der Waals surface area contributed by atoms with Crippen molar-refractivity contribution >= 4 is 0 Å². The predicted octanol–water partition coefficient (Wildman–Crippen LogP) is 3.72. The molecule has 0 saturated heterocycles. The molecule has 4 heteroatoms. The maximum atomic E-state index is 12.0. The van der Waals surface area contributed by atoms with Crippen molar-refractivity contribution in [3.05, 3.63) is 29.8 Å². The van der Waals surface area contributed by atoms with Gasteiger partial charge in [-0.1, -0.05) is 32.4 Å². The Labute approximate surface area is 101 Å². The van der Waals surface area contributed by atoms with E-state index in [1.807, 2.05) is 0 Å². The van der Waals surface area contributed by atoms with Crippen molar-refractivity contribution in [2.24, 2.45) is 11.7 Å². The van der Waals surface area contributed by atoms with Crippen molar-refractivity contribution in [3.63, 3.8) is 0 Å². The van der Waals surface area contributed by atoms with E-state index in [1.54, 1.807) is 12.1 Å². The summed E-state index contributed by atoms with van der Waals surface area (Å²) in [5.74, 6) is 0.543. The van der Waals surface area contributed by atoms with Gasteiger partial charge in [-0.2, -0.15) is 8.78 Å². The van der Waals surface area contributed by atoms with Gasteiger partial charge < -0.3 is 10.5 Å². The summed E-state index contributed by atoms with van der Waals surface area (Å²) in [4.78, 5) is 0. The Balaban J connectivity index is 2.66. The molecule has 0 saturated carbocycles. The zero-order valence-corrected chi connectivity index (χ0v) is 10.2. The number of halogens is 2. The first-order chi connectivity index (χ1) is 8.04. The van der Waals surface area contributed by atoms with Crippen LogP contribution < -0.4 is 10.5 Å². The molecule has 2 nitrogen and oxygen atoms in total. The lowest BCUT2D eigenvalue weighted by molar-refractivity contribution is -0.0498. The minimum absolute atomic E-state index is 0.0597. The van der Waals surface area contributed by atoms with Crippen molar-refractivity contribution in [2.75, 3.05) is 0 Å². The average molecular weight is 243 g/mol. The van der Waals surface area contributed by atoms with Crippen LogP contribution in [0.5, 0.6) is 5.75 Å². The minimum atomic E-state index is -2.78. The summed E-state index contributed by atoms with van der Waals surface area (Å²) in [5.41, 5.74) is 7.04. The number of hydrogen-bond donors (Lipinski definition) is 1. The van der Waals surface area contributed by atoms with Crippen LogP contribution in [0.3, 0.4) is 0 Å². The summed E-state index contributed by atoms with van der Waals surface area (Å²) < 4.78 is 28.2. The van der Waals surface area contributed by atoms with Gasteiger partial charge in [0.2, 0.25) is 0 Å². The second-order valence-electron chi connectivity index (χ2n) is 4.24. The van der Waals surface area contributed by atoms with Gasteiger partial charge in [0.25, 0.3) is 0 Å². The van der Waals surface area contributed by atoms with Crippen molar-refractivity contribution in [1.82, 2.24) is 0 Å². The number of nitrogens with two attached hydrogens (primary N) is 1. The molecule has 2 atom stereocenters. The fourth-order valence-electron chi connectivity index (χ4n) is 1.83. The van der Waals surface area contributed by atoms with Crippen LogP contribution in [0.25, 0.3) is 0 Å². The summed E-state index contributed by atoms with van der Waals surface area (Å²) >= 11 is 0. The molecule has 1 aromatic rings. The van der Waals surface area contributed by atoms with E-state index in [0.717, 1.165) is 18.4 Å². The van der Waals surface area contributed by atoms with Gasteiger partial charge in [-0.3, -0.25) is 0 Å². The van der Waals surface area contributed by atoms with E-state index in [-0.39, 0.29) is 11.8 Å². The van der Waals surface area contributed by atoms with Crippen LogP contribution in [0, 0.1) is 5.92 Å². The highest BCUT2D eigenvalue weighted by Crippen LogP contribution is 2.25. The lowest BCUT2D eigenvalue weighted by atomic mass is 9.92. The molecule has 17 heavy (non-hydrogen) atoms. The number of ether oxygens (including phenoxy) is 1. The van der Waals surface area contributed by atoms with Gasteiger partial charge in [0.05, 0.1) is 0 Å². The Hall–Kier alpha value is -1.16. The molecule has 0 aliphatic heterocycles. The van der Waals surface area contributed by atoms with Crippen LogP contribution in [-0.4, -0.2) is 6.61 Å². The molecule has 0 radical (unpaired) electrons. The van der Waals surface area contributed by atoms with Gasteiger partial charge >= 0.3 is 6.61 Å². The molecule has 0 aliphatic rings. The van der Waals surface area contributed by atoms with Gasteiger partial charge in [-0.15, -0.1) is 0 Å². The molecule has 0 aromatic heterocycles. The van der Waals surface area contributed by atoms with Crippen LogP contribution in [0.15, 0.2) is 24.3 Å². The van der Waals surface area contributed by atoms with Gasteiger partial charge in [-0.05, 0) is 30.0 Å². The Morgan fingerprint density at radius 2 is 1.82 bits per heavy atom. The largest absolute Gasteiger partial charge is 0.435 e. The molecule has 0 amide bonds. The van der Waals surface area contributed by atoms with Crippen LogP contribution in [-0.2, 0) is 0 Å². The van der Waals surface area contributed by atoms with Gasteiger partial charge in [0.15, 0.2) is 0 Å². The SMILES string of the molecule is CCCC(C)C(N)c1ccc(OC(F)F)cc1. The van der Waals surface area contributed by atoms with E-state index in [4.69, 9.17) is 5.73 Å². The third-order valence-corrected chi connectivity index (χ3v) is 2.85. The van der Waals surface area contributed by atoms with Crippen molar-refractivity contribution < 1.29 is 13.5 Å². The molecular formula is C13H19F2NO. The third kappa shape index (κ3) is 4.30. The van der Waals surface area contributed by atoms with Gasteiger partial charge in [0, 0.05) is 6.04 Å². The molecule has 1 aromatic carbocycles. The zero-order chi connectivity index (χ0) is 12.8. The third-order valence-electron chi connectivity index (χ3n) is 2.85. The van der Waals surface area contributed by atoms with Crippen molar-refractivity contribution in [1.29, 1.82) is 0 Å². The maximum Gasteiger partial charge on any atom is 0.387 e. The molecule has 0 fully saturated rings. The molecular weight excluding hydrogens is 224 g/mol. The zero-order valence-electron chi connectivity index (χ0n) is 10.2. The Kier molecular flexibility index (Phi) is 5.35. The van der Waals surface area contributed by atoms with Crippen LogP contribution in [0.2, 0.25) is 0 Å². The normalized spacial score (nSPS) is 14.7. The molecule has 2 N–H and O–H groups in total. The van der Waals surface area contributed by atoms with Gasteiger partial charge in [-0.25, -0.2) is 0 Å². The summed E-state index contributed by atoms with van der Waals surface area (Å²) in [7, 11) is 0. The average Bonchev–Trinajstić information content (AvgIpc) is 2.28. The van der Waals surface area contributed by atoms with E-state index in [0.29, 0.717) is 5.92 Å². The number of benzene rings is 1. The van der Waals surface area contributed by atoms with Gasteiger partial charge in [0.1, 0.15) is 5.75 Å². The molecule has 96 valence electrons.